The first-order chi connectivity index (χ1) is 7.20. The van der Waals surface area contributed by atoms with Crippen molar-refractivity contribution in [3.63, 3.8) is 0 Å². The standard InChI is InChI=1S/C7H8N4O3S/c12-6(5-8-2-9-10-5)11-3-15-1-4(11)7(13)14/h2,4H,1,3H2,(H,13,14)(H,8,9,10)/t4-/m0/s1. The zero-order valence-electron chi connectivity index (χ0n) is 7.58. The van der Waals surface area contributed by atoms with E-state index in [1.165, 1.54) is 23.0 Å². The van der Waals surface area contributed by atoms with E-state index < -0.39 is 17.9 Å². The maximum Gasteiger partial charge on any atom is 0.327 e. The van der Waals surface area contributed by atoms with Gasteiger partial charge < -0.3 is 10.0 Å². The number of carbonyl (C=O) groups is 2. The number of H-pyrrole nitrogens is 1. The van der Waals surface area contributed by atoms with Crippen LogP contribution in [0.4, 0.5) is 0 Å². The van der Waals surface area contributed by atoms with E-state index in [9.17, 15) is 9.59 Å². The first-order valence-electron chi connectivity index (χ1n) is 4.17. The molecule has 80 valence electrons. The smallest absolute Gasteiger partial charge is 0.327 e. The van der Waals surface area contributed by atoms with Crippen molar-refractivity contribution in [2.45, 2.75) is 6.04 Å². The number of aliphatic carboxylic acids is 1. The molecule has 2 heterocycles. The third-order valence-corrected chi connectivity index (χ3v) is 3.06. The number of hydrogen-bond acceptors (Lipinski definition) is 5. The van der Waals surface area contributed by atoms with Gasteiger partial charge in [-0.05, 0) is 0 Å². The van der Waals surface area contributed by atoms with Gasteiger partial charge in [0.2, 0.25) is 5.82 Å². The van der Waals surface area contributed by atoms with Gasteiger partial charge in [-0.1, -0.05) is 0 Å². The van der Waals surface area contributed by atoms with E-state index in [0.29, 0.717) is 11.6 Å². The van der Waals surface area contributed by atoms with Crippen LogP contribution in [0.3, 0.4) is 0 Å². The molecule has 0 aromatic carbocycles. The Morgan fingerprint density at radius 2 is 2.47 bits per heavy atom. The summed E-state index contributed by atoms with van der Waals surface area (Å²) >= 11 is 1.41. The Hall–Kier alpha value is -1.57. The van der Waals surface area contributed by atoms with E-state index in [1.54, 1.807) is 0 Å². The van der Waals surface area contributed by atoms with Gasteiger partial charge in [0.05, 0.1) is 5.88 Å². The molecule has 1 aliphatic heterocycles. The molecule has 15 heavy (non-hydrogen) atoms. The lowest BCUT2D eigenvalue weighted by atomic mass is 10.3. The highest BCUT2D eigenvalue weighted by Gasteiger charge is 2.35. The number of amides is 1. The van der Waals surface area contributed by atoms with Crippen LogP contribution in [0.15, 0.2) is 6.33 Å². The molecule has 1 aromatic heterocycles. The first kappa shape index (κ1) is 9.97. The molecular weight excluding hydrogens is 220 g/mol. The second kappa shape index (κ2) is 3.89. The van der Waals surface area contributed by atoms with Crippen LogP contribution < -0.4 is 0 Å². The van der Waals surface area contributed by atoms with Crippen LogP contribution in [-0.2, 0) is 4.79 Å². The summed E-state index contributed by atoms with van der Waals surface area (Å²) in [5.74, 6) is -0.562. The molecule has 1 aliphatic rings. The Morgan fingerprint density at radius 1 is 1.67 bits per heavy atom. The van der Waals surface area contributed by atoms with Crippen molar-refractivity contribution in [2.24, 2.45) is 0 Å². The average Bonchev–Trinajstić information content (AvgIpc) is 2.88. The number of carboxylic acids is 1. The minimum atomic E-state index is -0.993. The molecule has 1 atom stereocenters. The molecule has 1 fully saturated rings. The van der Waals surface area contributed by atoms with E-state index in [1.807, 2.05) is 0 Å². The van der Waals surface area contributed by atoms with Crippen molar-refractivity contribution in [1.29, 1.82) is 0 Å². The fraction of sp³-hybridized carbons (Fsp3) is 0.429. The van der Waals surface area contributed by atoms with Gasteiger partial charge in [-0.15, -0.1) is 11.8 Å². The highest BCUT2D eigenvalue weighted by atomic mass is 32.2. The van der Waals surface area contributed by atoms with E-state index in [4.69, 9.17) is 5.11 Å². The largest absolute Gasteiger partial charge is 0.480 e. The number of carbonyl (C=O) groups excluding carboxylic acids is 1. The average molecular weight is 228 g/mol. The number of nitrogens with zero attached hydrogens (tertiary/aromatic N) is 3. The number of nitrogens with one attached hydrogen (secondary N) is 1. The Kier molecular flexibility index (Phi) is 2.58. The lowest BCUT2D eigenvalue weighted by Crippen LogP contribution is -2.42. The number of carboxylic acid groups (broad SMARTS) is 1. The summed E-state index contributed by atoms with van der Waals surface area (Å²) in [5, 5.41) is 14.8. The summed E-state index contributed by atoms with van der Waals surface area (Å²) in [4.78, 5) is 27.5. The molecule has 1 aromatic rings. The van der Waals surface area contributed by atoms with Crippen molar-refractivity contribution in [3.05, 3.63) is 12.2 Å². The summed E-state index contributed by atoms with van der Waals surface area (Å²) in [7, 11) is 0. The quantitative estimate of drug-likeness (QED) is 0.701. The van der Waals surface area contributed by atoms with Gasteiger partial charge >= 0.3 is 5.97 Å². The zero-order valence-corrected chi connectivity index (χ0v) is 8.40. The minimum absolute atomic E-state index is 0.0729. The number of thioether (sulfide) groups is 1. The Balaban J connectivity index is 2.17. The Morgan fingerprint density at radius 3 is 3.07 bits per heavy atom. The zero-order chi connectivity index (χ0) is 10.8. The lowest BCUT2D eigenvalue weighted by molar-refractivity contribution is -0.140. The van der Waals surface area contributed by atoms with Crippen molar-refractivity contribution in [1.82, 2.24) is 20.1 Å². The molecule has 0 aliphatic carbocycles. The number of hydrogen-bond donors (Lipinski definition) is 2. The number of rotatable bonds is 2. The summed E-state index contributed by atoms with van der Waals surface area (Å²) in [6.07, 6.45) is 1.21. The van der Waals surface area contributed by atoms with Crippen LogP contribution in [0.25, 0.3) is 0 Å². The molecule has 0 bridgehead atoms. The first-order valence-corrected chi connectivity index (χ1v) is 5.32. The van der Waals surface area contributed by atoms with Crippen LogP contribution in [0, 0.1) is 0 Å². The Labute approximate surface area is 88.9 Å². The lowest BCUT2D eigenvalue weighted by Gasteiger charge is -2.18. The molecule has 1 saturated heterocycles. The molecular formula is C7H8N4O3S. The predicted octanol–water partition coefficient (Wildman–Crippen LogP) is -0.596. The van der Waals surface area contributed by atoms with E-state index in [0.717, 1.165) is 0 Å². The van der Waals surface area contributed by atoms with Crippen molar-refractivity contribution < 1.29 is 14.7 Å². The summed E-state index contributed by atoms with van der Waals surface area (Å²) in [6, 6.07) is -0.771. The molecule has 0 spiro atoms. The summed E-state index contributed by atoms with van der Waals surface area (Å²) in [5.41, 5.74) is 0. The highest BCUT2D eigenvalue weighted by Crippen LogP contribution is 2.22. The van der Waals surface area contributed by atoms with Crippen LogP contribution in [-0.4, -0.2) is 54.7 Å². The molecule has 8 heteroatoms. The van der Waals surface area contributed by atoms with Crippen molar-refractivity contribution >= 4 is 23.6 Å². The Bertz CT molecular complexity index is 380. The maximum absolute atomic E-state index is 11.7. The van der Waals surface area contributed by atoms with Gasteiger partial charge in [0.1, 0.15) is 12.4 Å². The van der Waals surface area contributed by atoms with Gasteiger partial charge in [0.25, 0.3) is 5.91 Å². The van der Waals surface area contributed by atoms with Gasteiger partial charge in [-0.25, -0.2) is 9.78 Å². The third kappa shape index (κ3) is 1.80. The molecule has 0 unspecified atom stereocenters. The predicted molar refractivity (Wildman–Crippen MR) is 51.3 cm³/mol. The number of aromatic amines is 1. The van der Waals surface area contributed by atoms with Crippen LogP contribution in [0.5, 0.6) is 0 Å². The fourth-order valence-electron chi connectivity index (χ4n) is 1.29. The number of aromatic nitrogens is 3. The highest BCUT2D eigenvalue weighted by molar-refractivity contribution is 7.99. The molecule has 7 nitrogen and oxygen atoms in total. The molecule has 1 amide bonds. The SMILES string of the molecule is O=C(O)[C@@H]1CSCN1C(=O)c1ncn[nH]1. The third-order valence-electron chi connectivity index (χ3n) is 2.05. The molecule has 2 N–H and O–H groups in total. The second-order valence-corrected chi connectivity index (χ2v) is 3.96. The van der Waals surface area contributed by atoms with Crippen LogP contribution in [0.2, 0.25) is 0 Å². The van der Waals surface area contributed by atoms with E-state index in [2.05, 4.69) is 15.2 Å². The monoisotopic (exact) mass is 228 g/mol. The molecule has 0 saturated carbocycles. The van der Waals surface area contributed by atoms with Gasteiger partial charge in [0, 0.05) is 5.75 Å². The van der Waals surface area contributed by atoms with E-state index in [-0.39, 0.29) is 5.82 Å². The maximum atomic E-state index is 11.7. The molecule has 0 radical (unpaired) electrons. The van der Waals surface area contributed by atoms with Gasteiger partial charge in [-0.3, -0.25) is 9.89 Å². The summed E-state index contributed by atoms with van der Waals surface area (Å²) < 4.78 is 0. The van der Waals surface area contributed by atoms with Crippen molar-refractivity contribution in [2.75, 3.05) is 11.6 Å². The van der Waals surface area contributed by atoms with Gasteiger partial charge in [0.15, 0.2) is 0 Å². The summed E-state index contributed by atoms with van der Waals surface area (Å²) in [6.45, 7) is 0. The minimum Gasteiger partial charge on any atom is -0.480 e. The fourth-order valence-corrected chi connectivity index (χ4v) is 2.44. The van der Waals surface area contributed by atoms with Crippen molar-refractivity contribution in [3.8, 4) is 0 Å². The van der Waals surface area contributed by atoms with Crippen LogP contribution in [0.1, 0.15) is 10.6 Å². The van der Waals surface area contributed by atoms with E-state index >= 15 is 0 Å². The second-order valence-electron chi connectivity index (χ2n) is 2.96. The molecule has 2 rings (SSSR count). The van der Waals surface area contributed by atoms with Crippen LogP contribution >= 0.6 is 11.8 Å². The topological polar surface area (TPSA) is 99.2 Å². The van der Waals surface area contributed by atoms with Gasteiger partial charge in [-0.2, -0.15) is 5.10 Å². The normalized spacial score (nSPS) is 20.5.